The van der Waals surface area contributed by atoms with E-state index < -0.39 is 17.4 Å². The van der Waals surface area contributed by atoms with Gasteiger partial charge in [0.05, 0.1) is 17.0 Å². The van der Waals surface area contributed by atoms with Crippen molar-refractivity contribution in [2.75, 3.05) is 19.6 Å². The van der Waals surface area contributed by atoms with Gasteiger partial charge in [-0.05, 0) is 69.1 Å². The largest absolute Gasteiger partial charge is 0.489 e. The molecule has 1 aromatic heterocycles. The zero-order valence-corrected chi connectivity index (χ0v) is 21.8. The lowest BCUT2D eigenvalue weighted by molar-refractivity contribution is -0.136. The number of fused-ring (bicyclic) bond motifs is 1. The maximum atomic E-state index is 13.2. The average molecular weight is 505 g/mol. The Morgan fingerprint density at radius 3 is 2.51 bits per heavy atom. The van der Waals surface area contributed by atoms with Crippen LogP contribution in [0, 0.1) is 12.8 Å². The zero-order chi connectivity index (χ0) is 26.4. The first-order valence-corrected chi connectivity index (χ1v) is 12.9. The molecule has 0 aliphatic carbocycles. The number of amides is 2. The topological polar surface area (TPSA) is 104 Å². The molecule has 0 bridgehead atoms. The van der Waals surface area contributed by atoms with Crippen LogP contribution in [0.25, 0.3) is 10.9 Å². The molecule has 8 heteroatoms. The van der Waals surface area contributed by atoms with Crippen LogP contribution < -0.4 is 15.5 Å². The quantitative estimate of drug-likeness (QED) is 0.298. The molecule has 0 radical (unpaired) electrons. The summed E-state index contributed by atoms with van der Waals surface area (Å²) in [7, 11) is 0. The molecule has 1 aliphatic rings. The average Bonchev–Trinajstić information content (AvgIpc) is 2.92. The third kappa shape index (κ3) is 6.09. The Balaban J connectivity index is 1.44. The van der Waals surface area contributed by atoms with Crippen molar-refractivity contribution in [3.63, 3.8) is 0 Å². The first-order chi connectivity index (χ1) is 17.8. The second-order valence-corrected chi connectivity index (χ2v) is 9.90. The normalized spacial score (nSPS) is 16.2. The van der Waals surface area contributed by atoms with Gasteiger partial charge >= 0.3 is 0 Å². The molecule has 1 aliphatic heterocycles. The number of hydrogen-bond acceptors (Lipinski definition) is 6. The van der Waals surface area contributed by atoms with Crippen molar-refractivity contribution in [3.8, 4) is 5.75 Å². The Labute approximate surface area is 218 Å². The molecule has 1 atom stereocenters. The lowest BCUT2D eigenvalue weighted by Crippen LogP contribution is -2.61. The number of para-hydroxylation sites is 1. The van der Waals surface area contributed by atoms with Gasteiger partial charge in [-0.2, -0.15) is 0 Å². The minimum Gasteiger partial charge on any atom is -0.489 e. The van der Waals surface area contributed by atoms with Crippen molar-refractivity contribution >= 4 is 22.7 Å². The zero-order valence-electron chi connectivity index (χ0n) is 21.8. The van der Waals surface area contributed by atoms with E-state index in [1.807, 2.05) is 37.3 Å². The van der Waals surface area contributed by atoms with E-state index in [0.717, 1.165) is 48.2 Å². The van der Waals surface area contributed by atoms with Gasteiger partial charge in [0.2, 0.25) is 5.91 Å². The molecule has 2 aromatic carbocycles. The van der Waals surface area contributed by atoms with Crippen molar-refractivity contribution in [2.24, 2.45) is 5.92 Å². The molecular weight excluding hydrogens is 468 g/mol. The maximum Gasteiger partial charge on any atom is 0.251 e. The SMILES string of the molecule is CCCN1CCC(NC(=O)c2ccc(OCc3cc(C)nc4ccccc34)cc2)(C(C)C(=O)NO)CC1. The van der Waals surface area contributed by atoms with Gasteiger partial charge in [-0.15, -0.1) is 0 Å². The maximum absolute atomic E-state index is 13.2. The first-order valence-electron chi connectivity index (χ1n) is 12.9. The second kappa shape index (κ2) is 11.7. The summed E-state index contributed by atoms with van der Waals surface area (Å²) in [4.78, 5) is 32.5. The number of pyridine rings is 1. The number of rotatable bonds is 9. The summed E-state index contributed by atoms with van der Waals surface area (Å²) in [5, 5.41) is 13.4. The Morgan fingerprint density at radius 2 is 1.84 bits per heavy atom. The van der Waals surface area contributed by atoms with Gasteiger partial charge < -0.3 is 15.0 Å². The number of nitrogens with zero attached hydrogens (tertiary/aromatic N) is 2. The third-order valence-corrected chi connectivity index (χ3v) is 7.42. The molecule has 37 heavy (non-hydrogen) atoms. The molecule has 1 saturated heterocycles. The van der Waals surface area contributed by atoms with E-state index in [9.17, 15) is 14.8 Å². The van der Waals surface area contributed by atoms with Crippen LogP contribution in [0.5, 0.6) is 5.75 Å². The molecule has 1 unspecified atom stereocenters. The Hall–Kier alpha value is -3.49. The molecule has 2 amide bonds. The van der Waals surface area contributed by atoms with Crippen LogP contribution in [-0.4, -0.2) is 52.1 Å². The molecule has 0 saturated carbocycles. The highest BCUT2D eigenvalue weighted by atomic mass is 16.5. The van der Waals surface area contributed by atoms with Crippen LogP contribution in [0.4, 0.5) is 0 Å². The minimum absolute atomic E-state index is 0.246. The highest BCUT2D eigenvalue weighted by Gasteiger charge is 2.43. The fourth-order valence-corrected chi connectivity index (χ4v) is 5.18. The third-order valence-electron chi connectivity index (χ3n) is 7.42. The summed E-state index contributed by atoms with van der Waals surface area (Å²) in [6.07, 6.45) is 2.32. The van der Waals surface area contributed by atoms with Crippen LogP contribution in [0.2, 0.25) is 0 Å². The minimum atomic E-state index is -0.733. The van der Waals surface area contributed by atoms with Gasteiger partial charge in [-0.1, -0.05) is 32.0 Å². The van der Waals surface area contributed by atoms with Gasteiger partial charge in [0.25, 0.3) is 5.91 Å². The van der Waals surface area contributed by atoms with E-state index in [1.54, 1.807) is 36.7 Å². The fourth-order valence-electron chi connectivity index (χ4n) is 5.18. The molecule has 8 nitrogen and oxygen atoms in total. The summed E-state index contributed by atoms with van der Waals surface area (Å²) < 4.78 is 6.03. The molecule has 3 N–H and O–H groups in total. The van der Waals surface area contributed by atoms with Crippen LogP contribution >= 0.6 is 0 Å². The predicted octanol–water partition coefficient (Wildman–Crippen LogP) is 4.24. The summed E-state index contributed by atoms with van der Waals surface area (Å²) in [5.74, 6) is -0.659. The van der Waals surface area contributed by atoms with Crippen LogP contribution in [0.15, 0.2) is 54.6 Å². The van der Waals surface area contributed by atoms with Crippen molar-refractivity contribution in [1.29, 1.82) is 0 Å². The number of carbonyl (C=O) groups is 2. The number of aromatic nitrogens is 1. The molecule has 196 valence electrons. The number of aryl methyl sites for hydroxylation is 1. The number of carbonyl (C=O) groups excluding carboxylic acids is 2. The van der Waals surface area contributed by atoms with Crippen LogP contribution in [0.3, 0.4) is 0 Å². The van der Waals surface area contributed by atoms with E-state index in [4.69, 9.17) is 4.74 Å². The van der Waals surface area contributed by atoms with E-state index >= 15 is 0 Å². The first kappa shape index (κ1) is 26.6. The van der Waals surface area contributed by atoms with Gasteiger partial charge in [0, 0.05) is 35.3 Å². The van der Waals surface area contributed by atoms with E-state index in [2.05, 4.69) is 22.1 Å². The van der Waals surface area contributed by atoms with Crippen molar-refractivity contribution < 1.29 is 19.5 Å². The summed E-state index contributed by atoms with van der Waals surface area (Å²) in [5.41, 5.74) is 4.44. The summed E-state index contributed by atoms with van der Waals surface area (Å²) >= 11 is 0. The van der Waals surface area contributed by atoms with Crippen molar-refractivity contribution in [1.82, 2.24) is 20.7 Å². The standard InChI is InChI=1S/C29H36N4O4/c1-4-15-33-16-13-29(14-17-33,21(3)27(34)32-36)31-28(35)22-9-11-24(12-10-22)37-19-23-18-20(2)30-26-8-6-5-7-25(23)26/h5-12,18,21,36H,4,13-17,19H2,1-3H3,(H,31,35)(H,32,34). The lowest BCUT2D eigenvalue weighted by atomic mass is 9.76. The fraction of sp³-hybridized carbons (Fsp3) is 0.414. The second-order valence-electron chi connectivity index (χ2n) is 9.90. The highest BCUT2D eigenvalue weighted by Crippen LogP contribution is 2.31. The predicted molar refractivity (Wildman–Crippen MR) is 143 cm³/mol. The van der Waals surface area contributed by atoms with Gasteiger partial charge in [0.1, 0.15) is 12.4 Å². The molecule has 1 fully saturated rings. The number of nitrogens with one attached hydrogen (secondary N) is 2. The molecule has 2 heterocycles. The highest BCUT2D eigenvalue weighted by molar-refractivity contribution is 5.95. The number of likely N-dealkylation sites (tertiary alicyclic amines) is 1. The van der Waals surface area contributed by atoms with Crippen molar-refractivity contribution in [3.05, 3.63) is 71.4 Å². The Morgan fingerprint density at radius 1 is 1.14 bits per heavy atom. The van der Waals surface area contributed by atoms with E-state index in [-0.39, 0.29) is 5.91 Å². The lowest BCUT2D eigenvalue weighted by Gasteiger charge is -2.45. The molecule has 4 rings (SSSR count). The Kier molecular flexibility index (Phi) is 8.41. The molecular formula is C29H36N4O4. The number of ether oxygens (including phenoxy) is 1. The van der Waals surface area contributed by atoms with E-state index in [1.165, 1.54) is 0 Å². The number of piperidine rings is 1. The van der Waals surface area contributed by atoms with Crippen molar-refractivity contribution in [2.45, 2.75) is 52.2 Å². The number of benzene rings is 2. The smallest absolute Gasteiger partial charge is 0.251 e. The Bertz CT molecular complexity index is 1240. The number of hydroxylamine groups is 1. The van der Waals surface area contributed by atoms with Crippen LogP contribution in [-0.2, 0) is 11.4 Å². The summed E-state index contributed by atoms with van der Waals surface area (Å²) in [6, 6.07) is 17.0. The summed E-state index contributed by atoms with van der Waals surface area (Å²) in [6.45, 7) is 8.80. The number of hydrogen-bond donors (Lipinski definition) is 3. The molecule has 3 aromatic rings. The van der Waals surface area contributed by atoms with Crippen LogP contribution in [0.1, 0.15) is 54.7 Å². The van der Waals surface area contributed by atoms with Gasteiger partial charge in [0.15, 0.2) is 0 Å². The van der Waals surface area contributed by atoms with Gasteiger partial charge in [-0.25, -0.2) is 5.48 Å². The van der Waals surface area contributed by atoms with Gasteiger partial charge in [-0.3, -0.25) is 19.8 Å². The van der Waals surface area contributed by atoms with E-state index in [0.29, 0.717) is 30.8 Å². The monoisotopic (exact) mass is 504 g/mol. The molecule has 0 spiro atoms.